The van der Waals surface area contributed by atoms with Gasteiger partial charge < -0.3 is 15.6 Å². The van der Waals surface area contributed by atoms with Crippen LogP contribution in [0.1, 0.15) is 5.69 Å². The zero-order valence-corrected chi connectivity index (χ0v) is 11.9. The van der Waals surface area contributed by atoms with Gasteiger partial charge in [-0.25, -0.2) is 4.99 Å². The summed E-state index contributed by atoms with van der Waals surface area (Å²) in [5.74, 6) is 0.347. The van der Waals surface area contributed by atoms with Crippen molar-refractivity contribution in [2.45, 2.75) is 6.54 Å². The van der Waals surface area contributed by atoms with Crippen molar-refractivity contribution in [3.63, 3.8) is 0 Å². The molecule has 0 bridgehead atoms. The lowest BCUT2D eigenvalue weighted by Gasteiger charge is -2.05. The molecule has 0 unspecified atom stereocenters. The third-order valence-electron chi connectivity index (χ3n) is 2.67. The number of anilines is 1. The van der Waals surface area contributed by atoms with Crippen molar-refractivity contribution in [1.29, 1.82) is 0 Å². The van der Waals surface area contributed by atoms with Gasteiger partial charge in [-0.15, -0.1) is 0 Å². The lowest BCUT2D eigenvalue weighted by Crippen LogP contribution is -2.22. The SMILES string of the molecule is Cn1c(CN=C(N)Nc2ccccc2)cc(Cl)c1Cl. The predicted molar refractivity (Wildman–Crippen MR) is 80.8 cm³/mol. The second-order valence-corrected chi connectivity index (χ2v) is 4.79. The highest BCUT2D eigenvalue weighted by molar-refractivity contribution is 6.41. The summed E-state index contributed by atoms with van der Waals surface area (Å²) in [4.78, 5) is 4.25. The van der Waals surface area contributed by atoms with E-state index in [0.29, 0.717) is 22.7 Å². The van der Waals surface area contributed by atoms with E-state index in [2.05, 4.69) is 10.3 Å². The minimum Gasteiger partial charge on any atom is -0.370 e. The molecule has 0 aliphatic carbocycles. The third-order valence-corrected chi connectivity index (χ3v) is 3.52. The Morgan fingerprint density at radius 3 is 2.58 bits per heavy atom. The summed E-state index contributed by atoms with van der Waals surface area (Å²) in [6.07, 6.45) is 0. The lowest BCUT2D eigenvalue weighted by atomic mass is 10.3. The van der Waals surface area contributed by atoms with Gasteiger partial charge in [0, 0.05) is 18.4 Å². The minimum absolute atomic E-state index is 0.347. The van der Waals surface area contributed by atoms with Gasteiger partial charge in [0.05, 0.1) is 11.6 Å². The molecule has 2 aromatic rings. The molecule has 2 rings (SSSR count). The molecule has 3 N–H and O–H groups in total. The van der Waals surface area contributed by atoms with Crippen LogP contribution in [0.5, 0.6) is 0 Å². The van der Waals surface area contributed by atoms with Gasteiger partial charge in [0.1, 0.15) is 5.15 Å². The largest absolute Gasteiger partial charge is 0.370 e. The van der Waals surface area contributed by atoms with Crippen LogP contribution >= 0.6 is 23.2 Å². The first kappa shape index (κ1) is 13.8. The van der Waals surface area contributed by atoms with Gasteiger partial charge in [-0.1, -0.05) is 41.4 Å². The zero-order valence-electron chi connectivity index (χ0n) is 10.4. The maximum atomic E-state index is 5.98. The van der Waals surface area contributed by atoms with Crippen molar-refractivity contribution in [1.82, 2.24) is 4.57 Å². The van der Waals surface area contributed by atoms with Crippen LogP contribution in [0.4, 0.5) is 5.69 Å². The molecule has 4 nitrogen and oxygen atoms in total. The standard InChI is InChI=1S/C13H14Cl2N4/c1-19-10(7-11(14)12(19)15)8-17-13(16)18-9-5-3-2-4-6-9/h2-7H,8H2,1H3,(H3,16,17,18). The molecule has 0 saturated heterocycles. The number of nitrogens with zero attached hydrogens (tertiary/aromatic N) is 2. The highest BCUT2D eigenvalue weighted by Gasteiger charge is 2.08. The van der Waals surface area contributed by atoms with E-state index in [1.54, 1.807) is 10.6 Å². The topological polar surface area (TPSA) is 55.3 Å². The van der Waals surface area contributed by atoms with Gasteiger partial charge in [0.2, 0.25) is 0 Å². The molecule has 19 heavy (non-hydrogen) atoms. The molecular weight excluding hydrogens is 283 g/mol. The van der Waals surface area contributed by atoms with E-state index >= 15 is 0 Å². The summed E-state index contributed by atoms with van der Waals surface area (Å²) >= 11 is 11.9. The number of rotatable bonds is 3. The Labute approximate surface area is 121 Å². The monoisotopic (exact) mass is 296 g/mol. The van der Waals surface area contributed by atoms with Crippen LogP contribution in [-0.2, 0) is 13.6 Å². The fourth-order valence-corrected chi connectivity index (χ4v) is 2.03. The Morgan fingerprint density at radius 1 is 1.32 bits per heavy atom. The smallest absolute Gasteiger partial charge is 0.193 e. The number of halogens is 2. The van der Waals surface area contributed by atoms with E-state index in [1.165, 1.54) is 0 Å². The second-order valence-electron chi connectivity index (χ2n) is 4.03. The van der Waals surface area contributed by atoms with E-state index in [1.807, 2.05) is 37.4 Å². The first-order valence-electron chi connectivity index (χ1n) is 5.69. The lowest BCUT2D eigenvalue weighted by molar-refractivity contribution is 0.825. The van der Waals surface area contributed by atoms with Crippen molar-refractivity contribution in [2.24, 2.45) is 17.8 Å². The second kappa shape index (κ2) is 5.99. The summed E-state index contributed by atoms with van der Waals surface area (Å²) in [5, 5.41) is 4.02. The van der Waals surface area contributed by atoms with Gasteiger partial charge in [0.25, 0.3) is 0 Å². The Hall–Kier alpha value is -1.65. The maximum Gasteiger partial charge on any atom is 0.193 e. The minimum atomic E-state index is 0.347. The summed E-state index contributed by atoms with van der Waals surface area (Å²) in [6.45, 7) is 0.411. The number of hydrogen-bond acceptors (Lipinski definition) is 1. The summed E-state index contributed by atoms with van der Waals surface area (Å²) < 4.78 is 1.78. The van der Waals surface area contributed by atoms with Crippen molar-refractivity contribution >= 4 is 34.8 Å². The maximum absolute atomic E-state index is 5.98. The number of nitrogens with one attached hydrogen (secondary N) is 1. The van der Waals surface area contributed by atoms with Crippen LogP contribution in [-0.4, -0.2) is 10.5 Å². The van der Waals surface area contributed by atoms with Crippen LogP contribution in [0.2, 0.25) is 10.2 Å². The average molecular weight is 297 g/mol. The van der Waals surface area contributed by atoms with Gasteiger partial charge in [-0.05, 0) is 18.2 Å². The highest BCUT2D eigenvalue weighted by atomic mass is 35.5. The Bertz CT molecular complexity index is 590. The van der Waals surface area contributed by atoms with E-state index in [0.717, 1.165) is 11.4 Å². The summed E-state index contributed by atoms with van der Waals surface area (Å²) in [5.41, 5.74) is 7.60. The fourth-order valence-electron chi connectivity index (χ4n) is 1.62. The molecule has 1 aromatic heterocycles. The molecule has 100 valence electrons. The molecule has 1 aromatic carbocycles. The fraction of sp³-hybridized carbons (Fsp3) is 0.154. The van der Waals surface area contributed by atoms with Crippen LogP contribution in [0.3, 0.4) is 0 Å². The van der Waals surface area contributed by atoms with Gasteiger partial charge in [-0.3, -0.25) is 0 Å². The van der Waals surface area contributed by atoms with Crippen molar-refractivity contribution in [2.75, 3.05) is 5.32 Å². The van der Waals surface area contributed by atoms with E-state index in [-0.39, 0.29) is 0 Å². The molecule has 1 heterocycles. The van der Waals surface area contributed by atoms with E-state index in [9.17, 15) is 0 Å². The highest BCUT2D eigenvalue weighted by Crippen LogP contribution is 2.25. The molecule has 0 fully saturated rings. The molecule has 0 atom stereocenters. The van der Waals surface area contributed by atoms with Crippen molar-refractivity contribution in [3.05, 3.63) is 52.3 Å². The molecule has 6 heteroatoms. The first-order valence-corrected chi connectivity index (χ1v) is 6.45. The Morgan fingerprint density at radius 2 is 2.00 bits per heavy atom. The third kappa shape index (κ3) is 3.43. The van der Waals surface area contributed by atoms with Crippen LogP contribution in [0.15, 0.2) is 41.4 Å². The van der Waals surface area contributed by atoms with Crippen LogP contribution in [0, 0.1) is 0 Å². The molecule has 0 aliphatic rings. The molecule has 0 amide bonds. The molecule has 0 spiro atoms. The molecular formula is C13H14Cl2N4. The van der Waals surface area contributed by atoms with Gasteiger partial charge in [-0.2, -0.15) is 0 Å². The first-order chi connectivity index (χ1) is 9.08. The van der Waals surface area contributed by atoms with Crippen molar-refractivity contribution in [3.8, 4) is 0 Å². The Kier molecular flexibility index (Phi) is 4.35. The number of guanidine groups is 1. The number of aliphatic imine (C=N–C) groups is 1. The number of para-hydroxylation sites is 1. The molecule has 0 radical (unpaired) electrons. The van der Waals surface area contributed by atoms with Gasteiger partial charge >= 0.3 is 0 Å². The van der Waals surface area contributed by atoms with E-state index < -0.39 is 0 Å². The summed E-state index contributed by atoms with van der Waals surface area (Å²) in [6, 6.07) is 11.4. The number of aromatic nitrogens is 1. The normalized spacial score (nSPS) is 11.6. The van der Waals surface area contributed by atoms with E-state index in [4.69, 9.17) is 28.9 Å². The van der Waals surface area contributed by atoms with Crippen molar-refractivity contribution < 1.29 is 0 Å². The number of hydrogen-bond donors (Lipinski definition) is 2. The summed E-state index contributed by atoms with van der Waals surface area (Å²) in [7, 11) is 1.83. The average Bonchev–Trinajstić information content (AvgIpc) is 2.65. The molecule has 0 saturated carbocycles. The predicted octanol–water partition coefficient (Wildman–Crippen LogP) is 3.26. The zero-order chi connectivity index (χ0) is 13.8. The van der Waals surface area contributed by atoms with Gasteiger partial charge in [0.15, 0.2) is 5.96 Å². The Balaban J connectivity index is 2.04. The molecule has 0 aliphatic heterocycles. The quantitative estimate of drug-likeness (QED) is 0.675. The number of nitrogens with two attached hydrogens (primary N) is 1. The number of benzene rings is 1. The van der Waals surface area contributed by atoms with Crippen LogP contribution < -0.4 is 11.1 Å². The van der Waals surface area contributed by atoms with Crippen LogP contribution in [0.25, 0.3) is 0 Å².